The minimum Gasteiger partial charge on any atom is -0.448 e. The standard InChI is InChI=1S/C20H27N3O5S/c1-13-2-5-29-17(13)8-21-6-15-14(10-24)16-7-23(12-20(15,11-21)28-16)18(25)9-22-3-4-27-19(22)26/h2,5,14-16,24H,3-4,6-12H2,1H3/t14-,15+,16+,20-/m0/s1. The smallest absolute Gasteiger partial charge is 0.410 e. The Hall–Kier alpha value is -1.68. The number of rotatable bonds is 5. The molecular weight excluding hydrogens is 394 g/mol. The number of aliphatic hydroxyl groups is 1. The van der Waals surface area contributed by atoms with Crippen molar-refractivity contribution in [2.45, 2.75) is 25.2 Å². The van der Waals surface area contributed by atoms with Crippen LogP contribution in [0.2, 0.25) is 0 Å². The van der Waals surface area contributed by atoms with Crippen LogP contribution in [0.5, 0.6) is 0 Å². The Balaban J connectivity index is 1.31. The highest BCUT2D eigenvalue weighted by atomic mass is 32.1. The first kappa shape index (κ1) is 19.3. The second-order valence-corrected chi connectivity index (χ2v) is 9.68. The molecule has 2 amide bonds. The average Bonchev–Trinajstić information content (AvgIpc) is 3.40. The molecule has 4 aliphatic rings. The van der Waals surface area contributed by atoms with Crippen LogP contribution in [0.4, 0.5) is 4.79 Å². The minimum atomic E-state index is -0.428. The summed E-state index contributed by atoms with van der Waals surface area (Å²) in [5, 5.41) is 12.2. The summed E-state index contributed by atoms with van der Waals surface area (Å²) in [4.78, 5) is 31.7. The van der Waals surface area contributed by atoms with Gasteiger partial charge in [-0.15, -0.1) is 11.3 Å². The fraction of sp³-hybridized carbons (Fsp3) is 0.700. The molecule has 9 heteroatoms. The van der Waals surface area contributed by atoms with E-state index in [0.29, 0.717) is 26.2 Å². The Bertz CT molecular complexity index is 816. The van der Waals surface area contributed by atoms with E-state index in [1.54, 1.807) is 11.3 Å². The molecule has 4 aliphatic heterocycles. The summed E-state index contributed by atoms with van der Waals surface area (Å²) >= 11 is 1.77. The molecule has 4 saturated heterocycles. The first-order valence-corrected chi connectivity index (χ1v) is 11.1. The van der Waals surface area contributed by atoms with Crippen molar-refractivity contribution >= 4 is 23.3 Å². The van der Waals surface area contributed by atoms with Crippen LogP contribution in [0.25, 0.3) is 0 Å². The summed E-state index contributed by atoms with van der Waals surface area (Å²) < 4.78 is 11.4. The molecule has 1 N–H and O–H groups in total. The number of morpholine rings is 1. The third kappa shape index (κ3) is 3.24. The Morgan fingerprint density at radius 1 is 1.38 bits per heavy atom. The third-order valence-corrected chi connectivity index (χ3v) is 7.94. The Morgan fingerprint density at radius 3 is 2.93 bits per heavy atom. The zero-order chi connectivity index (χ0) is 20.2. The monoisotopic (exact) mass is 421 g/mol. The number of carbonyl (C=O) groups is 2. The second kappa shape index (κ2) is 7.23. The van der Waals surface area contributed by atoms with Gasteiger partial charge in [-0.1, -0.05) is 0 Å². The first-order valence-electron chi connectivity index (χ1n) is 10.2. The lowest BCUT2D eigenvalue weighted by atomic mass is 9.83. The van der Waals surface area contributed by atoms with E-state index in [4.69, 9.17) is 9.47 Å². The van der Waals surface area contributed by atoms with Crippen molar-refractivity contribution in [3.63, 3.8) is 0 Å². The van der Waals surface area contributed by atoms with E-state index in [0.717, 1.165) is 19.6 Å². The van der Waals surface area contributed by atoms with Crippen LogP contribution >= 0.6 is 11.3 Å². The molecule has 0 aliphatic carbocycles. The maximum absolute atomic E-state index is 12.9. The number of fused-ring (bicyclic) bond motifs is 1. The highest BCUT2D eigenvalue weighted by molar-refractivity contribution is 7.10. The van der Waals surface area contributed by atoms with Crippen molar-refractivity contribution in [2.24, 2.45) is 11.8 Å². The number of ether oxygens (including phenoxy) is 2. The van der Waals surface area contributed by atoms with Gasteiger partial charge in [0.25, 0.3) is 0 Å². The van der Waals surface area contributed by atoms with Crippen LogP contribution in [0, 0.1) is 18.8 Å². The van der Waals surface area contributed by atoms with E-state index < -0.39 is 11.7 Å². The minimum absolute atomic E-state index is 0.0407. The zero-order valence-corrected chi connectivity index (χ0v) is 17.4. The van der Waals surface area contributed by atoms with Crippen LogP contribution in [-0.4, -0.2) is 96.0 Å². The summed E-state index contributed by atoms with van der Waals surface area (Å²) in [6.45, 7) is 6.57. The van der Waals surface area contributed by atoms with Gasteiger partial charge in [0.2, 0.25) is 5.91 Å². The van der Waals surface area contributed by atoms with Gasteiger partial charge in [0, 0.05) is 49.5 Å². The van der Waals surface area contributed by atoms with E-state index in [1.165, 1.54) is 15.3 Å². The molecular formula is C20H27N3O5S. The van der Waals surface area contributed by atoms with E-state index >= 15 is 0 Å². The molecule has 29 heavy (non-hydrogen) atoms. The maximum atomic E-state index is 12.9. The van der Waals surface area contributed by atoms with Gasteiger partial charge >= 0.3 is 6.09 Å². The number of likely N-dealkylation sites (tertiary alicyclic amines) is 2. The summed E-state index contributed by atoms with van der Waals surface area (Å²) in [7, 11) is 0. The number of thiophene rings is 1. The number of hydrogen-bond acceptors (Lipinski definition) is 7. The fourth-order valence-electron chi connectivity index (χ4n) is 5.44. The van der Waals surface area contributed by atoms with Gasteiger partial charge in [-0.05, 0) is 23.9 Å². The number of aryl methyl sites for hydroxylation is 1. The first-order chi connectivity index (χ1) is 14.0. The molecule has 4 fully saturated rings. The van der Waals surface area contributed by atoms with E-state index in [-0.39, 0.29) is 37.0 Å². The van der Waals surface area contributed by atoms with Gasteiger partial charge in [0.05, 0.1) is 19.2 Å². The molecule has 0 aromatic carbocycles. The molecule has 2 bridgehead atoms. The lowest BCUT2D eigenvalue weighted by Crippen LogP contribution is -2.57. The van der Waals surface area contributed by atoms with Gasteiger partial charge < -0.3 is 19.5 Å². The SMILES string of the molecule is Cc1ccsc1CN1C[C@@H]2[C@H](CO)[C@H]3CN(C(=O)CN4CCOC4=O)C[C@]2(C1)O3. The van der Waals surface area contributed by atoms with Crippen LogP contribution in [0.3, 0.4) is 0 Å². The zero-order valence-electron chi connectivity index (χ0n) is 16.6. The summed E-state index contributed by atoms with van der Waals surface area (Å²) in [6.07, 6.45) is -0.559. The van der Waals surface area contributed by atoms with Crippen molar-refractivity contribution in [2.75, 3.05) is 52.5 Å². The van der Waals surface area contributed by atoms with Crippen LogP contribution in [-0.2, 0) is 20.8 Å². The lowest BCUT2D eigenvalue weighted by Gasteiger charge is -2.40. The van der Waals surface area contributed by atoms with Crippen LogP contribution < -0.4 is 0 Å². The lowest BCUT2D eigenvalue weighted by molar-refractivity contribution is -0.154. The molecule has 158 valence electrons. The van der Waals surface area contributed by atoms with E-state index in [9.17, 15) is 14.7 Å². The molecule has 0 unspecified atom stereocenters. The molecule has 0 saturated carbocycles. The number of hydrogen-bond donors (Lipinski definition) is 1. The summed E-state index contributed by atoms with van der Waals surface area (Å²) in [5.41, 5.74) is 0.878. The third-order valence-electron chi connectivity index (χ3n) is 6.93. The Labute approximate surface area is 174 Å². The number of carbonyl (C=O) groups excluding carboxylic acids is 2. The Morgan fingerprint density at radius 2 is 2.24 bits per heavy atom. The summed E-state index contributed by atoms with van der Waals surface area (Å²) in [6, 6.07) is 2.14. The van der Waals surface area contributed by atoms with Crippen molar-refractivity contribution < 1.29 is 24.2 Å². The number of amides is 2. The molecule has 5 rings (SSSR count). The summed E-state index contributed by atoms with van der Waals surface area (Å²) in [5.74, 6) is 0.188. The van der Waals surface area contributed by atoms with Crippen molar-refractivity contribution in [1.29, 1.82) is 0 Å². The van der Waals surface area contributed by atoms with Crippen LogP contribution in [0.15, 0.2) is 11.4 Å². The van der Waals surface area contributed by atoms with Gasteiger partial charge in [0.1, 0.15) is 18.8 Å². The van der Waals surface area contributed by atoms with Crippen molar-refractivity contribution in [1.82, 2.24) is 14.7 Å². The molecule has 8 nitrogen and oxygen atoms in total. The molecule has 4 atom stereocenters. The molecule has 1 spiro atoms. The fourth-order valence-corrected chi connectivity index (χ4v) is 6.39. The number of aliphatic hydroxyl groups excluding tert-OH is 1. The molecule has 1 aromatic rings. The van der Waals surface area contributed by atoms with Gasteiger partial charge in [0.15, 0.2) is 0 Å². The molecule has 5 heterocycles. The Kier molecular flexibility index (Phi) is 4.81. The topological polar surface area (TPSA) is 82.5 Å². The van der Waals surface area contributed by atoms with E-state index in [2.05, 4.69) is 23.3 Å². The van der Waals surface area contributed by atoms with Gasteiger partial charge in [-0.25, -0.2) is 4.79 Å². The van der Waals surface area contributed by atoms with Crippen molar-refractivity contribution in [3.05, 3.63) is 21.9 Å². The normalized spacial score (nSPS) is 34.0. The average molecular weight is 422 g/mol. The second-order valence-electron chi connectivity index (χ2n) is 8.68. The molecule has 0 radical (unpaired) electrons. The van der Waals surface area contributed by atoms with Crippen LogP contribution in [0.1, 0.15) is 10.4 Å². The van der Waals surface area contributed by atoms with E-state index in [1.807, 2.05) is 4.90 Å². The number of nitrogens with zero attached hydrogens (tertiary/aromatic N) is 3. The predicted octanol–water partition coefficient (Wildman–Crippen LogP) is 0.529. The predicted molar refractivity (Wildman–Crippen MR) is 106 cm³/mol. The maximum Gasteiger partial charge on any atom is 0.410 e. The highest BCUT2D eigenvalue weighted by Gasteiger charge is 2.62. The quantitative estimate of drug-likeness (QED) is 0.747. The largest absolute Gasteiger partial charge is 0.448 e. The van der Waals surface area contributed by atoms with Gasteiger partial charge in [-0.3, -0.25) is 14.6 Å². The number of cyclic esters (lactones) is 1. The molecule has 1 aromatic heterocycles. The van der Waals surface area contributed by atoms with Gasteiger partial charge in [-0.2, -0.15) is 0 Å². The van der Waals surface area contributed by atoms with Crippen molar-refractivity contribution in [3.8, 4) is 0 Å². The highest BCUT2D eigenvalue weighted by Crippen LogP contribution is 2.49.